The summed E-state index contributed by atoms with van der Waals surface area (Å²) in [7, 11) is 0. The molecule has 1 aliphatic heterocycles. The van der Waals surface area contributed by atoms with E-state index in [-0.39, 0.29) is 5.54 Å². The number of hydrogen-bond acceptors (Lipinski definition) is 5. The van der Waals surface area contributed by atoms with Crippen LogP contribution in [0.15, 0.2) is 30.3 Å². The van der Waals surface area contributed by atoms with Crippen LogP contribution in [0.1, 0.15) is 32.0 Å². The van der Waals surface area contributed by atoms with Gasteiger partial charge in [0.25, 0.3) is 0 Å². The van der Waals surface area contributed by atoms with Crippen LogP contribution in [0.2, 0.25) is 0 Å². The molecule has 0 aliphatic carbocycles. The van der Waals surface area contributed by atoms with E-state index in [1.54, 1.807) is 0 Å². The van der Waals surface area contributed by atoms with Gasteiger partial charge in [0.1, 0.15) is 5.82 Å². The molecule has 2 heterocycles. The molecule has 1 saturated heterocycles. The average molecular weight is 339 g/mol. The van der Waals surface area contributed by atoms with Crippen LogP contribution in [0.3, 0.4) is 0 Å². The zero-order valence-corrected chi connectivity index (χ0v) is 16.0. The van der Waals surface area contributed by atoms with Gasteiger partial charge in [0.15, 0.2) is 0 Å². The molecule has 5 heteroatoms. The van der Waals surface area contributed by atoms with E-state index in [9.17, 15) is 0 Å². The third kappa shape index (κ3) is 4.62. The summed E-state index contributed by atoms with van der Waals surface area (Å²) in [5.41, 5.74) is 3.57. The Morgan fingerprint density at radius 3 is 2.24 bits per heavy atom. The van der Waals surface area contributed by atoms with Crippen molar-refractivity contribution in [2.45, 2.75) is 40.2 Å². The van der Waals surface area contributed by atoms with Crippen LogP contribution in [-0.2, 0) is 0 Å². The van der Waals surface area contributed by atoms with Crippen molar-refractivity contribution in [3.8, 4) is 0 Å². The molecule has 1 aliphatic rings. The maximum absolute atomic E-state index is 4.74. The summed E-state index contributed by atoms with van der Waals surface area (Å²) in [6.07, 6.45) is 0. The first-order valence-electron chi connectivity index (χ1n) is 9.01. The summed E-state index contributed by atoms with van der Waals surface area (Å²) in [5, 5.41) is 3.38. The highest BCUT2D eigenvalue weighted by Crippen LogP contribution is 2.22. The Kier molecular flexibility index (Phi) is 4.84. The molecule has 1 aromatic heterocycles. The van der Waals surface area contributed by atoms with Crippen LogP contribution in [-0.4, -0.2) is 41.7 Å². The highest BCUT2D eigenvalue weighted by Gasteiger charge is 2.20. The van der Waals surface area contributed by atoms with Gasteiger partial charge in [-0.25, -0.2) is 4.98 Å². The number of aryl methyl sites for hydroxylation is 2. The molecule has 0 amide bonds. The Hall–Kier alpha value is -2.30. The molecule has 0 radical (unpaired) electrons. The van der Waals surface area contributed by atoms with Crippen LogP contribution >= 0.6 is 0 Å². The molecule has 1 N–H and O–H groups in total. The van der Waals surface area contributed by atoms with Gasteiger partial charge in [-0.2, -0.15) is 4.98 Å². The highest BCUT2D eigenvalue weighted by atomic mass is 15.3. The predicted octanol–water partition coefficient (Wildman–Crippen LogP) is 3.63. The fourth-order valence-electron chi connectivity index (χ4n) is 3.12. The van der Waals surface area contributed by atoms with Crippen molar-refractivity contribution in [2.24, 2.45) is 0 Å². The summed E-state index contributed by atoms with van der Waals surface area (Å²) in [5.74, 6) is 1.73. The Morgan fingerprint density at radius 1 is 0.920 bits per heavy atom. The Morgan fingerprint density at radius 2 is 1.60 bits per heavy atom. The lowest BCUT2D eigenvalue weighted by Crippen LogP contribution is -2.47. The standard InChI is InChI=1S/C20H29N5/c1-15-7-6-8-17(13-15)24-9-11-25(12-10-24)18-14-16(2)21-19(22-18)23-20(3,4)5/h6-8,13-14H,9-12H2,1-5H3,(H,21,22,23). The molecule has 0 unspecified atom stereocenters. The quantitative estimate of drug-likeness (QED) is 0.925. The number of hydrogen-bond donors (Lipinski definition) is 1. The van der Waals surface area contributed by atoms with Gasteiger partial charge < -0.3 is 15.1 Å². The summed E-state index contributed by atoms with van der Waals surface area (Å²) in [4.78, 5) is 14.1. The van der Waals surface area contributed by atoms with E-state index < -0.39 is 0 Å². The topological polar surface area (TPSA) is 44.3 Å². The third-order valence-electron chi connectivity index (χ3n) is 4.30. The number of nitrogens with one attached hydrogen (secondary N) is 1. The fourth-order valence-corrected chi connectivity index (χ4v) is 3.12. The van der Waals surface area contributed by atoms with E-state index >= 15 is 0 Å². The van der Waals surface area contributed by atoms with Crippen LogP contribution in [0.5, 0.6) is 0 Å². The van der Waals surface area contributed by atoms with Gasteiger partial charge in [0.05, 0.1) is 0 Å². The zero-order valence-electron chi connectivity index (χ0n) is 16.0. The lowest BCUT2D eigenvalue weighted by molar-refractivity contribution is 0.621. The fraction of sp³-hybridized carbons (Fsp3) is 0.500. The summed E-state index contributed by atoms with van der Waals surface area (Å²) >= 11 is 0. The van der Waals surface area contributed by atoms with Crippen LogP contribution in [0.25, 0.3) is 0 Å². The SMILES string of the molecule is Cc1cccc(N2CCN(c3cc(C)nc(NC(C)(C)C)n3)CC2)c1. The first kappa shape index (κ1) is 17.5. The molecular weight excluding hydrogens is 310 g/mol. The molecule has 2 aromatic rings. The lowest BCUT2D eigenvalue weighted by Gasteiger charge is -2.37. The number of anilines is 3. The number of aromatic nitrogens is 2. The van der Waals surface area contributed by atoms with Crippen LogP contribution in [0.4, 0.5) is 17.5 Å². The Labute approximate surface area is 151 Å². The molecule has 5 nitrogen and oxygen atoms in total. The Balaban J connectivity index is 1.70. The smallest absolute Gasteiger partial charge is 0.225 e. The number of piperazine rings is 1. The average Bonchev–Trinajstić information content (AvgIpc) is 2.53. The minimum atomic E-state index is -0.0467. The van der Waals surface area contributed by atoms with E-state index in [0.717, 1.165) is 37.7 Å². The van der Waals surface area contributed by atoms with E-state index in [0.29, 0.717) is 5.95 Å². The van der Waals surface area contributed by atoms with Gasteiger partial charge in [0, 0.05) is 49.2 Å². The van der Waals surface area contributed by atoms with Gasteiger partial charge >= 0.3 is 0 Å². The third-order valence-corrected chi connectivity index (χ3v) is 4.30. The van der Waals surface area contributed by atoms with Crippen molar-refractivity contribution in [1.82, 2.24) is 9.97 Å². The molecule has 0 spiro atoms. The number of rotatable bonds is 3. The monoisotopic (exact) mass is 339 g/mol. The second-order valence-electron chi connectivity index (χ2n) is 7.88. The van der Waals surface area contributed by atoms with Gasteiger partial charge in [0.2, 0.25) is 5.95 Å². The maximum atomic E-state index is 4.74. The molecule has 134 valence electrons. The minimum Gasteiger partial charge on any atom is -0.368 e. The van der Waals surface area contributed by atoms with Crippen molar-refractivity contribution >= 4 is 17.5 Å². The summed E-state index contributed by atoms with van der Waals surface area (Å²) in [6.45, 7) is 14.5. The van der Waals surface area contributed by atoms with Crippen molar-refractivity contribution in [2.75, 3.05) is 41.3 Å². The van der Waals surface area contributed by atoms with E-state index in [4.69, 9.17) is 4.98 Å². The van der Waals surface area contributed by atoms with Crippen molar-refractivity contribution in [3.63, 3.8) is 0 Å². The van der Waals surface area contributed by atoms with Crippen molar-refractivity contribution in [3.05, 3.63) is 41.6 Å². The first-order chi connectivity index (χ1) is 11.8. The second kappa shape index (κ2) is 6.90. The summed E-state index contributed by atoms with van der Waals surface area (Å²) < 4.78 is 0. The first-order valence-corrected chi connectivity index (χ1v) is 9.01. The molecular formula is C20H29N5. The van der Waals surface area contributed by atoms with Crippen LogP contribution in [0, 0.1) is 13.8 Å². The second-order valence-corrected chi connectivity index (χ2v) is 7.88. The minimum absolute atomic E-state index is 0.0467. The molecule has 0 atom stereocenters. The van der Waals surface area contributed by atoms with Crippen molar-refractivity contribution in [1.29, 1.82) is 0 Å². The summed E-state index contributed by atoms with van der Waals surface area (Å²) in [6, 6.07) is 10.8. The number of benzene rings is 1. The molecule has 1 aromatic carbocycles. The van der Waals surface area contributed by atoms with Crippen LogP contribution < -0.4 is 15.1 Å². The molecule has 1 fully saturated rings. The molecule has 25 heavy (non-hydrogen) atoms. The predicted molar refractivity (Wildman–Crippen MR) is 106 cm³/mol. The van der Waals surface area contributed by atoms with Gasteiger partial charge in [-0.1, -0.05) is 12.1 Å². The van der Waals surface area contributed by atoms with Gasteiger partial charge in [-0.15, -0.1) is 0 Å². The molecule has 3 rings (SSSR count). The Bertz CT molecular complexity index is 727. The van der Waals surface area contributed by atoms with E-state index in [1.807, 2.05) is 6.92 Å². The molecule has 0 saturated carbocycles. The van der Waals surface area contributed by atoms with Crippen molar-refractivity contribution < 1.29 is 0 Å². The highest BCUT2D eigenvalue weighted by molar-refractivity contribution is 5.52. The van der Waals surface area contributed by atoms with Gasteiger partial charge in [-0.05, 0) is 52.3 Å². The number of nitrogens with zero attached hydrogens (tertiary/aromatic N) is 4. The lowest BCUT2D eigenvalue weighted by atomic mass is 10.1. The maximum Gasteiger partial charge on any atom is 0.225 e. The molecule has 0 bridgehead atoms. The van der Waals surface area contributed by atoms with E-state index in [1.165, 1.54) is 11.3 Å². The van der Waals surface area contributed by atoms with E-state index in [2.05, 4.69) is 78.1 Å². The van der Waals surface area contributed by atoms with Gasteiger partial charge in [-0.3, -0.25) is 0 Å². The zero-order chi connectivity index (χ0) is 18.0. The largest absolute Gasteiger partial charge is 0.368 e. The normalized spacial score (nSPS) is 15.4.